The van der Waals surface area contributed by atoms with Crippen LogP contribution < -0.4 is 11.3 Å². The molecule has 1 aromatic carbocycles. The molecule has 0 atom stereocenters. The molecule has 0 spiro atoms. The summed E-state index contributed by atoms with van der Waals surface area (Å²) in [5.74, 6) is 0.899. The van der Waals surface area contributed by atoms with Crippen LogP contribution in [0.5, 0.6) is 0 Å². The van der Waals surface area contributed by atoms with Crippen LogP contribution in [0, 0.1) is 0 Å². The first-order valence-corrected chi connectivity index (χ1v) is 6.52. The molecule has 19 heavy (non-hydrogen) atoms. The highest BCUT2D eigenvalue weighted by molar-refractivity contribution is 5.58. The molecular formula is C15H19N3O. The summed E-state index contributed by atoms with van der Waals surface area (Å²) in [6.45, 7) is 5.96. The lowest BCUT2D eigenvalue weighted by Crippen LogP contribution is -2.19. The van der Waals surface area contributed by atoms with E-state index >= 15 is 0 Å². The number of anilines is 1. The van der Waals surface area contributed by atoms with Crippen LogP contribution in [0.2, 0.25) is 0 Å². The first-order valence-electron chi connectivity index (χ1n) is 6.52. The van der Waals surface area contributed by atoms with E-state index in [0.29, 0.717) is 17.2 Å². The van der Waals surface area contributed by atoms with E-state index in [-0.39, 0.29) is 11.5 Å². The number of nitrogen functional groups attached to an aromatic ring is 1. The van der Waals surface area contributed by atoms with Crippen LogP contribution in [-0.2, 0) is 6.42 Å². The molecule has 0 unspecified atom stereocenters. The fraction of sp³-hybridized carbons (Fsp3) is 0.333. The summed E-state index contributed by atoms with van der Waals surface area (Å²) >= 11 is 0. The number of aryl methyl sites for hydroxylation is 1. The highest BCUT2D eigenvalue weighted by atomic mass is 16.1. The average Bonchev–Trinajstić information content (AvgIpc) is 2.37. The molecule has 1 aromatic heterocycles. The molecule has 0 saturated heterocycles. The second kappa shape index (κ2) is 5.26. The Kier molecular flexibility index (Phi) is 3.69. The summed E-state index contributed by atoms with van der Waals surface area (Å²) in [6.07, 6.45) is 0.985. The molecule has 2 aromatic rings. The second-order valence-electron chi connectivity index (χ2n) is 4.92. The Balaban J connectivity index is 2.49. The summed E-state index contributed by atoms with van der Waals surface area (Å²) in [6, 6.07) is 7.96. The summed E-state index contributed by atoms with van der Waals surface area (Å²) in [7, 11) is 0. The van der Waals surface area contributed by atoms with Crippen molar-refractivity contribution in [3.05, 3.63) is 45.7 Å². The van der Waals surface area contributed by atoms with E-state index in [9.17, 15) is 4.79 Å². The topological polar surface area (TPSA) is 71.8 Å². The van der Waals surface area contributed by atoms with Crippen LogP contribution in [-0.4, -0.2) is 9.97 Å². The van der Waals surface area contributed by atoms with Crippen LogP contribution in [0.25, 0.3) is 11.4 Å². The molecule has 0 fully saturated rings. The monoisotopic (exact) mass is 257 g/mol. The minimum absolute atomic E-state index is 0.0627. The number of nitrogens with two attached hydrogens (primary N) is 1. The molecular weight excluding hydrogens is 238 g/mol. The number of rotatable bonds is 3. The highest BCUT2D eigenvalue weighted by Gasteiger charge is 2.13. The van der Waals surface area contributed by atoms with Crippen molar-refractivity contribution in [3.8, 4) is 11.4 Å². The smallest absolute Gasteiger partial charge is 0.256 e. The van der Waals surface area contributed by atoms with Gasteiger partial charge in [-0.2, -0.15) is 0 Å². The van der Waals surface area contributed by atoms with E-state index in [2.05, 4.69) is 16.9 Å². The number of benzene rings is 1. The van der Waals surface area contributed by atoms with Crippen molar-refractivity contribution in [1.82, 2.24) is 9.97 Å². The van der Waals surface area contributed by atoms with Crippen molar-refractivity contribution in [2.75, 3.05) is 5.73 Å². The van der Waals surface area contributed by atoms with Crippen molar-refractivity contribution in [2.24, 2.45) is 0 Å². The molecule has 100 valence electrons. The van der Waals surface area contributed by atoms with Gasteiger partial charge in [0.05, 0.1) is 5.56 Å². The molecule has 0 aliphatic heterocycles. The lowest BCUT2D eigenvalue weighted by Gasteiger charge is -2.09. The van der Waals surface area contributed by atoms with Gasteiger partial charge in [-0.25, -0.2) is 4.98 Å². The van der Waals surface area contributed by atoms with Gasteiger partial charge in [0.1, 0.15) is 11.6 Å². The van der Waals surface area contributed by atoms with Gasteiger partial charge in [0.2, 0.25) is 0 Å². The molecule has 0 saturated carbocycles. The van der Waals surface area contributed by atoms with Crippen molar-refractivity contribution >= 4 is 5.82 Å². The fourth-order valence-corrected chi connectivity index (χ4v) is 2.09. The third kappa shape index (κ3) is 2.67. The van der Waals surface area contributed by atoms with Gasteiger partial charge >= 0.3 is 0 Å². The van der Waals surface area contributed by atoms with Crippen molar-refractivity contribution in [2.45, 2.75) is 33.1 Å². The zero-order valence-corrected chi connectivity index (χ0v) is 11.5. The van der Waals surface area contributed by atoms with E-state index < -0.39 is 0 Å². The molecule has 4 nitrogen and oxygen atoms in total. The number of aromatic amines is 1. The molecule has 0 bridgehead atoms. The second-order valence-corrected chi connectivity index (χ2v) is 4.92. The minimum Gasteiger partial charge on any atom is -0.383 e. The molecule has 3 N–H and O–H groups in total. The first-order chi connectivity index (χ1) is 9.02. The number of nitrogens with zero attached hydrogens (tertiary/aromatic N) is 1. The van der Waals surface area contributed by atoms with Crippen molar-refractivity contribution < 1.29 is 0 Å². The first kappa shape index (κ1) is 13.3. The van der Waals surface area contributed by atoms with E-state index in [1.165, 1.54) is 5.56 Å². The van der Waals surface area contributed by atoms with Crippen LogP contribution in [0.3, 0.4) is 0 Å². The van der Waals surface area contributed by atoms with Crippen molar-refractivity contribution in [3.63, 3.8) is 0 Å². The lowest BCUT2D eigenvalue weighted by molar-refractivity contribution is 0.837. The van der Waals surface area contributed by atoms with Crippen LogP contribution >= 0.6 is 0 Å². The van der Waals surface area contributed by atoms with Gasteiger partial charge in [-0.05, 0) is 17.9 Å². The number of hydrogen-bond donors (Lipinski definition) is 2. The zero-order valence-electron chi connectivity index (χ0n) is 11.5. The quantitative estimate of drug-likeness (QED) is 0.888. The van der Waals surface area contributed by atoms with Crippen LogP contribution in [0.1, 0.15) is 37.8 Å². The van der Waals surface area contributed by atoms with Crippen molar-refractivity contribution in [1.29, 1.82) is 0 Å². The molecule has 0 radical (unpaired) electrons. The Morgan fingerprint density at radius 2 is 1.89 bits per heavy atom. The Morgan fingerprint density at radius 3 is 2.37 bits per heavy atom. The molecule has 0 amide bonds. The van der Waals surface area contributed by atoms with Crippen LogP contribution in [0.15, 0.2) is 29.1 Å². The third-order valence-corrected chi connectivity index (χ3v) is 3.20. The Hall–Kier alpha value is -2.10. The van der Waals surface area contributed by atoms with Gasteiger partial charge in [0.25, 0.3) is 5.56 Å². The SMILES string of the molecule is CCc1ccc(-c2nc(N)c(C(C)C)c(=O)[nH]2)cc1. The number of hydrogen-bond acceptors (Lipinski definition) is 3. The summed E-state index contributed by atoms with van der Waals surface area (Å²) in [5.41, 5.74) is 8.40. The summed E-state index contributed by atoms with van der Waals surface area (Å²) in [5, 5.41) is 0. The Bertz CT molecular complexity index is 627. The van der Waals surface area contributed by atoms with Gasteiger partial charge in [-0.1, -0.05) is 45.0 Å². The summed E-state index contributed by atoms with van der Waals surface area (Å²) < 4.78 is 0. The van der Waals surface area contributed by atoms with Gasteiger partial charge in [-0.15, -0.1) is 0 Å². The Labute approximate surface area is 112 Å². The van der Waals surface area contributed by atoms with Gasteiger partial charge in [0, 0.05) is 5.56 Å². The van der Waals surface area contributed by atoms with Gasteiger partial charge in [-0.3, -0.25) is 4.79 Å². The number of nitrogens with one attached hydrogen (secondary N) is 1. The van der Waals surface area contributed by atoms with E-state index in [4.69, 9.17) is 5.73 Å². The molecule has 0 aliphatic carbocycles. The maximum Gasteiger partial charge on any atom is 0.256 e. The van der Waals surface area contributed by atoms with E-state index in [0.717, 1.165) is 12.0 Å². The normalized spacial score (nSPS) is 10.9. The highest BCUT2D eigenvalue weighted by Crippen LogP contribution is 2.20. The van der Waals surface area contributed by atoms with E-state index in [1.807, 2.05) is 38.1 Å². The lowest BCUT2D eigenvalue weighted by atomic mass is 10.1. The van der Waals surface area contributed by atoms with Crippen LogP contribution in [0.4, 0.5) is 5.82 Å². The average molecular weight is 257 g/mol. The molecule has 2 rings (SSSR count). The minimum atomic E-state index is -0.155. The predicted molar refractivity (Wildman–Crippen MR) is 78.2 cm³/mol. The molecule has 1 heterocycles. The molecule has 0 aliphatic rings. The summed E-state index contributed by atoms with van der Waals surface area (Å²) in [4.78, 5) is 19.1. The van der Waals surface area contributed by atoms with Gasteiger partial charge < -0.3 is 10.7 Å². The number of aromatic nitrogens is 2. The Morgan fingerprint density at radius 1 is 1.26 bits per heavy atom. The fourth-order valence-electron chi connectivity index (χ4n) is 2.09. The molecule has 4 heteroatoms. The zero-order chi connectivity index (χ0) is 14.0. The largest absolute Gasteiger partial charge is 0.383 e. The van der Waals surface area contributed by atoms with Gasteiger partial charge in [0.15, 0.2) is 0 Å². The standard InChI is InChI=1S/C15H19N3O/c1-4-10-5-7-11(8-6-10)14-17-13(16)12(9(2)3)15(19)18-14/h5-9H,4H2,1-3H3,(H3,16,17,18,19). The maximum atomic E-state index is 12.0. The van der Waals surface area contributed by atoms with E-state index in [1.54, 1.807) is 0 Å². The maximum absolute atomic E-state index is 12.0. The number of H-pyrrole nitrogens is 1. The third-order valence-electron chi connectivity index (χ3n) is 3.20. The predicted octanol–water partition coefficient (Wildman–Crippen LogP) is 2.70.